The van der Waals surface area contributed by atoms with Crippen molar-refractivity contribution in [2.24, 2.45) is 0 Å². The van der Waals surface area contributed by atoms with Gasteiger partial charge in [0.2, 0.25) is 5.91 Å². The Hall–Kier alpha value is -4.52. The number of carbonyl (C=O) groups excluding carboxylic acids is 1. The molecular formula is C30H28ClF4N7O2. The summed E-state index contributed by atoms with van der Waals surface area (Å²) in [6.45, 7) is 11.6. The fourth-order valence-corrected chi connectivity index (χ4v) is 5.70. The highest BCUT2D eigenvalue weighted by Crippen LogP contribution is 2.40. The molecule has 0 aliphatic carbocycles. The zero-order chi connectivity index (χ0) is 32.2. The number of aromatic nitrogens is 4. The van der Waals surface area contributed by atoms with E-state index in [1.165, 1.54) is 6.08 Å². The number of aryl methyl sites for hydroxylation is 1. The average Bonchev–Trinajstić information content (AvgIpc) is 2.99. The largest absolute Gasteiger partial charge is 0.394 e. The third kappa shape index (κ3) is 4.94. The van der Waals surface area contributed by atoms with Gasteiger partial charge in [0.15, 0.2) is 28.9 Å². The van der Waals surface area contributed by atoms with E-state index in [-0.39, 0.29) is 54.4 Å². The Labute approximate surface area is 254 Å². The summed E-state index contributed by atoms with van der Waals surface area (Å²) in [7, 11) is 0. The van der Waals surface area contributed by atoms with Crippen LogP contribution in [0.5, 0.6) is 0 Å². The summed E-state index contributed by atoms with van der Waals surface area (Å²) in [6, 6.07) is 2.28. The predicted molar refractivity (Wildman–Crippen MR) is 160 cm³/mol. The van der Waals surface area contributed by atoms with E-state index in [2.05, 4.69) is 21.5 Å². The molecule has 1 amide bonds. The van der Waals surface area contributed by atoms with Crippen molar-refractivity contribution in [2.75, 3.05) is 30.3 Å². The molecule has 14 heteroatoms. The number of nitrogens with zero attached hydrogens (tertiary/aromatic N) is 6. The van der Waals surface area contributed by atoms with Gasteiger partial charge in [0.25, 0.3) is 0 Å². The summed E-state index contributed by atoms with van der Waals surface area (Å²) >= 11 is 5.98. The lowest BCUT2D eigenvalue weighted by molar-refractivity contribution is -0.126. The Balaban J connectivity index is 1.87. The van der Waals surface area contributed by atoms with Crippen molar-refractivity contribution in [1.82, 2.24) is 24.4 Å². The first-order valence-electron chi connectivity index (χ1n) is 13.7. The number of hydrogen-bond acceptors (Lipinski definition) is 7. The second kappa shape index (κ2) is 11.5. The maximum atomic E-state index is 16.0. The number of carbonyl (C=O) groups is 1. The number of amides is 1. The van der Waals surface area contributed by atoms with Crippen LogP contribution in [0.25, 0.3) is 28.0 Å². The van der Waals surface area contributed by atoms with Crippen molar-refractivity contribution in [3.63, 3.8) is 0 Å². The molecule has 1 saturated heterocycles. The standard InChI is InChI=1S/C30H28ClF4N7O2/c1-6-18(43)40-9-10-41(15(5)12-40)28-16-11-17(32)26(19-20(31)22(34)23(35)24(36)21(19)33)38-29(16)42(30(44)39-28)27-14(4)7-8-37-25(27)13(2)3/h6-8,11,13,15H,1,9-10,12,36H2,2-5H3/t15-/m0/s1. The maximum Gasteiger partial charge on any atom is 0.355 e. The zero-order valence-electron chi connectivity index (χ0n) is 24.3. The van der Waals surface area contributed by atoms with E-state index >= 15 is 8.78 Å². The van der Waals surface area contributed by atoms with Crippen molar-refractivity contribution >= 4 is 40.0 Å². The molecule has 1 aliphatic heterocycles. The van der Waals surface area contributed by atoms with Gasteiger partial charge in [-0.2, -0.15) is 4.98 Å². The van der Waals surface area contributed by atoms with E-state index in [0.29, 0.717) is 16.9 Å². The molecule has 44 heavy (non-hydrogen) atoms. The van der Waals surface area contributed by atoms with Crippen LogP contribution in [0.1, 0.15) is 37.9 Å². The Morgan fingerprint density at radius 2 is 1.86 bits per heavy atom. The molecule has 1 atom stereocenters. The molecule has 1 aliphatic rings. The molecule has 0 unspecified atom stereocenters. The summed E-state index contributed by atoms with van der Waals surface area (Å²) in [5.41, 5.74) is 3.01. The predicted octanol–water partition coefficient (Wildman–Crippen LogP) is 5.29. The fourth-order valence-electron chi connectivity index (χ4n) is 5.45. The van der Waals surface area contributed by atoms with Crippen LogP contribution < -0.4 is 16.3 Å². The number of halogens is 5. The van der Waals surface area contributed by atoms with Crippen molar-refractivity contribution in [1.29, 1.82) is 0 Å². The first-order chi connectivity index (χ1) is 20.8. The third-order valence-electron chi connectivity index (χ3n) is 7.65. The maximum absolute atomic E-state index is 16.0. The number of benzene rings is 1. The van der Waals surface area contributed by atoms with Crippen LogP contribution in [0.3, 0.4) is 0 Å². The molecule has 1 fully saturated rings. The number of rotatable bonds is 5. The van der Waals surface area contributed by atoms with Gasteiger partial charge in [-0.15, -0.1) is 0 Å². The molecule has 0 spiro atoms. The van der Waals surface area contributed by atoms with Crippen LogP contribution in [0.15, 0.2) is 35.8 Å². The Bertz CT molecular complexity index is 1880. The van der Waals surface area contributed by atoms with E-state index in [4.69, 9.17) is 17.3 Å². The Morgan fingerprint density at radius 3 is 2.50 bits per heavy atom. The monoisotopic (exact) mass is 629 g/mol. The number of nitrogens with two attached hydrogens (primary N) is 1. The zero-order valence-corrected chi connectivity index (χ0v) is 25.0. The molecule has 0 radical (unpaired) electrons. The van der Waals surface area contributed by atoms with E-state index in [0.717, 1.165) is 10.6 Å². The van der Waals surface area contributed by atoms with Gasteiger partial charge < -0.3 is 15.5 Å². The smallest absolute Gasteiger partial charge is 0.355 e. The quantitative estimate of drug-likeness (QED) is 0.105. The van der Waals surface area contributed by atoms with Crippen molar-refractivity contribution in [3.05, 3.63) is 81.0 Å². The summed E-state index contributed by atoms with van der Waals surface area (Å²) in [6.07, 6.45) is 2.78. The second-order valence-corrected chi connectivity index (χ2v) is 11.2. The van der Waals surface area contributed by atoms with Crippen molar-refractivity contribution in [3.8, 4) is 16.9 Å². The van der Waals surface area contributed by atoms with Gasteiger partial charge >= 0.3 is 5.69 Å². The summed E-state index contributed by atoms with van der Waals surface area (Å²) < 4.78 is 61.2. The van der Waals surface area contributed by atoms with Crippen LogP contribution in [0.4, 0.5) is 29.1 Å². The fraction of sp³-hybridized carbons (Fsp3) is 0.300. The highest BCUT2D eigenvalue weighted by atomic mass is 35.5. The molecule has 3 aromatic heterocycles. The van der Waals surface area contributed by atoms with E-state index in [1.807, 2.05) is 13.8 Å². The number of piperazine rings is 1. The van der Waals surface area contributed by atoms with Crippen molar-refractivity contribution in [2.45, 2.75) is 39.7 Å². The van der Waals surface area contributed by atoms with E-state index < -0.39 is 50.9 Å². The van der Waals surface area contributed by atoms with Gasteiger partial charge in [0.1, 0.15) is 17.2 Å². The normalized spacial score (nSPS) is 15.4. The molecule has 4 heterocycles. The molecule has 2 N–H and O–H groups in total. The number of nitrogen functional groups attached to an aromatic ring is 1. The lowest BCUT2D eigenvalue weighted by Crippen LogP contribution is -2.54. The first-order valence-corrected chi connectivity index (χ1v) is 14.0. The SMILES string of the molecule is C=CC(=O)N1CCN(c2nc(=O)n(-c3c(C)ccnc3C(C)C)c3nc(-c4c(F)c(N)c(F)c(F)c4Cl)c(F)cc23)[C@@H](C)C1. The second-order valence-electron chi connectivity index (χ2n) is 10.8. The van der Waals surface area contributed by atoms with E-state index in [9.17, 15) is 18.4 Å². The summed E-state index contributed by atoms with van der Waals surface area (Å²) in [5.74, 6) is -6.45. The molecular weight excluding hydrogens is 602 g/mol. The lowest BCUT2D eigenvalue weighted by Gasteiger charge is -2.40. The summed E-state index contributed by atoms with van der Waals surface area (Å²) in [5, 5.41) is -1.01. The Morgan fingerprint density at radius 1 is 1.16 bits per heavy atom. The van der Waals surface area contributed by atoms with Gasteiger partial charge in [0.05, 0.1) is 27.4 Å². The molecule has 0 bridgehead atoms. The van der Waals surface area contributed by atoms with Gasteiger partial charge in [-0.1, -0.05) is 32.0 Å². The average molecular weight is 630 g/mol. The van der Waals surface area contributed by atoms with Gasteiger partial charge in [0, 0.05) is 31.9 Å². The molecule has 230 valence electrons. The van der Waals surface area contributed by atoms with Crippen LogP contribution >= 0.6 is 11.6 Å². The molecule has 0 saturated carbocycles. The number of anilines is 2. The number of pyridine rings is 2. The lowest BCUT2D eigenvalue weighted by atomic mass is 10.0. The number of hydrogen-bond donors (Lipinski definition) is 1. The molecule has 9 nitrogen and oxygen atoms in total. The minimum atomic E-state index is -1.73. The van der Waals surface area contributed by atoms with Gasteiger partial charge in [-0.25, -0.2) is 31.9 Å². The number of fused-ring (bicyclic) bond motifs is 1. The summed E-state index contributed by atoms with van der Waals surface area (Å²) in [4.78, 5) is 42.6. The minimum absolute atomic E-state index is 0.0613. The third-order valence-corrected chi connectivity index (χ3v) is 8.00. The van der Waals surface area contributed by atoms with Crippen LogP contribution in [0.2, 0.25) is 5.02 Å². The van der Waals surface area contributed by atoms with Crippen LogP contribution in [-0.4, -0.2) is 56.0 Å². The molecule has 4 aromatic rings. The first kappa shape index (κ1) is 30.9. The highest BCUT2D eigenvalue weighted by molar-refractivity contribution is 6.33. The molecule has 1 aromatic carbocycles. The van der Waals surface area contributed by atoms with Gasteiger partial charge in [-0.05, 0) is 43.5 Å². The minimum Gasteiger partial charge on any atom is -0.394 e. The van der Waals surface area contributed by atoms with Crippen LogP contribution in [-0.2, 0) is 4.79 Å². The Kier molecular flexibility index (Phi) is 8.10. The topological polar surface area (TPSA) is 110 Å². The van der Waals surface area contributed by atoms with Crippen LogP contribution in [0, 0.1) is 30.2 Å². The van der Waals surface area contributed by atoms with Gasteiger partial charge in [-0.3, -0.25) is 9.78 Å². The van der Waals surface area contributed by atoms with E-state index in [1.54, 1.807) is 35.9 Å². The molecule has 5 rings (SSSR count). The highest BCUT2D eigenvalue weighted by Gasteiger charge is 2.32. The van der Waals surface area contributed by atoms with Crippen molar-refractivity contribution < 1.29 is 22.4 Å².